The highest BCUT2D eigenvalue weighted by molar-refractivity contribution is 7.10. The van der Waals surface area contributed by atoms with Gasteiger partial charge in [0.1, 0.15) is 5.82 Å². The number of nitrogens with zero attached hydrogens (tertiary/aromatic N) is 1. The Morgan fingerprint density at radius 3 is 2.75 bits per heavy atom. The number of aryl methyl sites for hydroxylation is 1. The van der Waals surface area contributed by atoms with Gasteiger partial charge in [-0.3, -0.25) is 4.79 Å². The van der Waals surface area contributed by atoms with Crippen molar-refractivity contribution >= 4 is 11.3 Å². The number of H-pyrrole nitrogens is 1. The van der Waals surface area contributed by atoms with Gasteiger partial charge in [0.05, 0.1) is 6.54 Å². The lowest BCUT2D eigenvalue weighted by Crippen LogP contribution is -2.32. The number of rotatable bonds is 4. The fourth-order valence-electron chi connectivity index (χ4n) is 2.21. The number of hydrogen-bond acceptors (Lipinski definition) is 4. The highest BCUT2D eigenvalue weighted by Crippen LogP contribution is 2.35. The zero-order valence-electron chi connectivity index (χ0n) is 12.4. The standard InChI is InChI=1S/C15H21N3OS/c1-10-8-13(19)18-12(17-10)9-16-14(15(2,3)4)11-6-5-7-20-11/h5-8,14,16H,9H2,1-4H3,(H,17,18,19). The summed E-state index contributed by atoms with van der Waals surface area (Å²) in [6.07, 6.45) is 0. The molecule has 0 spiro atoms. The van der Waals surface area contributed by atoms with Crippen LogP contribution in [0.15, 0.2) is 28.4 Å². The monoisotopic (exact) mass is 291 g/mol. The van der Waals surface area contributed by atoms with E-state index in [4.69, 9.17) is 0 Å². The molecule has 0 bridgehead atoms. The first-order chi connectivity index (χ1) is 9.36. The van der Waals surface area contributed by atoms with Gasteiger partial charge in [0.25, 0.3) is 5.56 Å². The van der Waals surface area contributed by atoms with E-state index in [0.29, 0.717) is 12.4 Å². The molecule has 0 aliphatic rings. The summed E-state index contributed by atoms with van der Waals surface area (Å²) in [5.74, 6) is 0.681. The molecule has 1 unspecified atom stereocenters. The first-order valence-corrected chi connectivity index (χ1v) is 7.58. The maximum Gasteiger partial charge on any atom is 0.251 e. The molecule has 4 nitrogen and oxygen atoms in total. The summed E-state index contributed by atoms with van der Waals surface area (Å²) in [6.45, 7) is 9.00. The molecule has 0 radical (unpaired) electrons. The molecule has 0 fully saturated rings. The van der Waals surface area contributed by atoms with Crippen molar-refractivity contribution in [2.45, 2.75) is 40.3 Å². The minimum absolute atomic E-state index is 0.0922. The minimum Gasteiger partial charge on any atom is -0.309 e. The van der Waals surface area contributed by atoms with Crippen LogP contribution in [-0.2, 0) is 6.54 Å². The van der Waals surface area contributed by atoms with Gasteiger partial charge in [-0.1, -0.05) is 26.8 Å². The molecular weight excluding hydrogens is 270 g/mol. The second-order valence-corrected chi connectivity index (χ2v) is 7.01. The Morgan fingerprint density at radius 1 is 1.45 bits per heavy atom. The predicted molar refractivity (Wildman–Crippen MR) is 82.9 cm³/mol. The molecule has 0 saturated heterocycles. The van der Waals surface area contributed by atoms with Crippen molar-refractivity contribution in [1.29, 1.82) is 0 Å². The molecular formula is C15H21N3OS. The molecule has 0 saturated carbocycles. The molecule has 0 aliphatic heterocycles. The first kappa shape index (κ1) is 14.9. The summed E-state index contributed by atoms with van der Waals surface area (Å²) in [7, 11) is 0. The van der Waals surface area contributed by atoms with Crippen molar-refractivity contribution in [1.82, 2.24) is 15.3 Å². The van der Waals surface area contributed by atoms with E-state index in [9.17, 15) is 4.79 Å². The van der Waals surface area contributed by atoms with E-state index in [1.165, 1.54) is 10.9 Å². The van der Waals surface area contributed by atoms with Gasteiger partial charge in [0, 0.05) is 22.7 Å². The summed E-state index contributed by atoms with van der Waals surface area (Å²) in [5.41, 5.74) is 0.737. The van der Waals surface area contributed by atoms with Crippen LogP contribution >= 0.6 is 11.3 Å². The zero-order valence-corrected chi connectivity index (χ0v) is 13.2. The van der Waals surface area contributed by atoms with E-state index in [1.54, 1.807) is 11.3 Å². The van der Waals surface area contributed by atoms with Crippen LogP contribution in [0.25, 0.3) is 0 Å². The predicted octanol–water partition coefficient (Wildman–Crippen LogP) is 3.02. The third kappa shape index (κ3) is 3.77. The highest BCUT2D eigenvalue weighted by atomic mass is 32.1. The van der Waals surface area contributed by atoms with Crippen LogP contribution in [0.1, 0.15) is 43.2 Å². The number of thiophene rings is 1. The molecule has 5 heteroatoms. The van der Waals surface area contributed by atoms with Crippen molar-refractivity contribution < 1.29 is 0 Å². The van der Waals surface area contributed by atoms with Gasteiger partial charge in [-0.25, -0.2) is 4.98 Å². The maximum absolute atomic E-state index is 11.5. The molecule has 0 aliphatic carbocycles. The average Bonchev–Trinajstić information content (AvgIpc) is 2.79. The van der Waals surface area contributed by atoms with Crippen LogP contribution in [0.5, 0.6) is 0 Å². The second kappa shape index (κ2) is 5.89. The van der Waals surface area contributed by atoms with Crippen molar-refractivity contribution in [3.8, 4) is 0 Å². The average molecular weight is 291 g/mol. The summed E-state index contributed by atoms with van der Waals surface area (Å²) in [4.78, 5) is 19.9. The van der Waals surface area contributed by atoms with Gasteiger partial charge < -0.3 is 10.3 Å². The van der Waals surface area contributed by atoms with Crippen LogP contribution in [-0.4, -0.2) is 9.97 Å². The Labute approximate surface area is 123 Å². The molecule has 20 heavy (non-hydrogen) atoms. The maximum atomic E-state index is 11.5. The molecule has 0 amide bonds. The van der Waals surface area contributed by atoms with Gasteiger partial charge in [0.15, 0.2) is 0 Å². The Kier molecular flexibility index (Phi) is 4.40. The Morgan fingerprint density at radius 2 is 2.20 bits per heavy atom. The third-order valence-electron chi connectivity index (χ3n) is 3.09. The van der Waals surface area contributed by atoms with Crippen LogP contribution in [0.3, 0.4) is 0 Å². The van der Waals surface area contributed by atoms with Crippen molar-refractivity contribution in [2.24, 2.45) is 5.41 Å². The molecule has 2 rings (SSSR count). The first-order valence-electron chi connectivity index (χ1n) is 6.70. The molecule has 1 atom stereocenters. The summed E-state index contributed by atoms with van der Waals surface area (Å²) >= 11 is 1.74. The van der Waals surface area contributed by atoms with Crippen LogP contribution in [0.2, 0.25) is 0 Å². The van der Waals surface area contributed by atoms with Gasteiger partial charge in [0.2, 0.25) is 0 Å². The normalized spacial score (nSPS) is 13.4. The summed E-state index contributed by atoms with van der Waals surface area (Å²) in [5, 5.41) is 5.60. The van der Waals surface area contributed by atoms with Gasteiger partial charge >= 0.3 is 0 Å². The molecule has 0 aromatic carbocycles. The lowest BCUT2D eigenvalue weighted by Gasteiger charge is -2.30. The molecule has 2 N–H and O–H groups in total. The lowest BCUT2D eigenvalue weighted by atomic mass is 9.86. The fraction of sp³-hybridized carbons (Fsp3) is 0.467. The lowest BCUT2D eigenvalue weighted by molar-refractivity contribution is 0.273. The van der Waals surface area contributed by atoms with Crippen LogP contribution in [0.4, 0.5) is 0 Å². The Bertz CT molecular complexity index is 611. The number of nitrogens with one attached hydrogen (secondary N) is 2. The van der Waals surface area contributed by atoms with E-state index < -0.39 is 0 Å². The zero-order chi connectivity index (χ0) is 14.8. The van der Waals surface area contributed by atoms with E-state index in [1.807, 2.05) is 6.92 Å². The van der Waals surface area contributed by atoms with Crippen LogP contribution in [0, 0.1) is 12.3 Å². The molecule has 2 aromatic rings. The Hall–Kier alpha value is -1.46. The third-order valence-corrected chi connectivity index (χ3v) is 4.02. The molecule has 108 valence electrons. The van der Waals surface area contributed by atoms with Gasteiger partial charge in [-0.15, -0.1) is 11.3 Å². The highest BCUT2D eigenvalue weighted by Gasteiger charge is 2.26. The van der Waals surface area contributed by atoms with Crippen LogP contribution < -0.4 is 10.9 Å². The minimum atomic E-state index is -0.0993. The van der Waals surface area contributed by atoms with E-state index in [-0.39, 0.29) is 17.0 Å². The largest absolute Gasteiger partial charge is 0.309 e. The fourth-order valence-corrected chi connectivity index (χ4v) is 3.26. The quantitative estimate of drug-likeness (QED) is 0.910. The van der Waals surface area contributed by atoms with Crippen molar-refractivity contribution in [3.05, 3.63) is 50.3 Å². The number of aromatic nitrogens is 2. The SMILES string of the molecule is Cc1cc(=O)[nH]c(CNC(c2cccs2)C(C)(C)C)n1. The number of hydrogen-bond donors (Lipinski definition) is 2. The van der Waals surface area contributed by atoms with Crippen molar-refractivity contribution in [2.75, 3.05) is 0 Å². The van der Waals surface area contributed by atoms with E-state index >= 15 is 0 Å². The molecule has 2 aromatic heterocycles. The second-order valence-electron chi connectivity index (χ2n) is 6.03. The van der Waals surface area contributed by atoms with Gasteiger partial charge in [-0.05, 0) is 23.8 Å². The van der Waals surface area contributed by atoms with E-state index in [0.717, 1.165) is 5.69 Å². The van der Waals surface area contributed by atoms with Gasteiger partial charge in [-0.2, -0.15) is 0 Å². The summed E-state index contributed by atoms with van der Waals surface area (Å²) < 4.78 is 0. The topological polar surface area (TPSA) is 57.8 Å². The number of aromatic amines is 1. The Balaban J connectivity index is 2.15. The molecule has 2 heterocycles. The summed E-state index contributed by atoms with van der Waals surface area (Å²) in [6, 6.07) is 5.94. The smallest absolute Gasteiger partial charge is 0.251 e. The van der Waals surface area contributed by atoms with Crippen molar-refractivity contribution in [3.63, 3.8) is 0 Å². The van der Waals surface area contributed by atoms with E-state index in [2.05, 4.69) is 53.6 Å².